The zero-order valence-corrected chi connectivity index (χ0v) is 11.6. The van der Waals surface area contributed by atoms with Gasteiger partial charge in [0.1, 0.15) is 5.82 Å². The molecule has 0 atom stereocenters. The molecule has 0 aliphatic heterocycles. The van der Waals surface area contributed by atoms with E-state index < -0.39 is 0 Å². The first-order valence-corrected chi connectivity index (χ1v) is 6.07. The second kappa shape index (κ2) is 6.56. The van der Waals surface area contributed by atoms with Crippen molar-refractivity contribution in [3.05, 3.63) is 22.8 Å². The number of carbonyl (C=O) groups excluding carboxylic acids is 1. The number of nitrogens with zero attached hydrogens (tertiary/aromatic N) is 2. The number of hydrogen-bond donors (Lipinski definition) is 1. The Bertz CT molecular complexity index is 424. The number of aromatic nitrogens is 1. The SMILES string of the molecule is CC(C)OCCN(C)C(=O)c1cc(N)ncc1Cl. The largest absolute Gasteiger partial charge is 0.384 e. The van der Waals surface area contributed by atoms with Crippen molar-refractivity contribution in [3.63, 3.8) is 0 Å². The van der Waals surface area contributed by atoms with Crippen LogP contribution in [0.2, 0.25) is 5.02 Å². The van der Waals surface area contributed by atoms with Crippen molar-refractivity contribution in [1.82, 2.24) is 9.88 Å². The molecule has 18 heavy (non-hydrogen) atoms. The van der Waals surface area contributed by atoms with Crippen LogP contribution in [-0.4, -0.2) is 42.1 Å². The number of nitrogen functional groups attached to an aromatic ring is 1. The van der Waals surface area contributed by atoms with Gasteiger partial charge in [0.05, 0.1) is 23.3 Å². The quantitative estimate of drug-likeness (QED) is 0.887. The first-order chi connectivity index (χ1) is 8.41. The lowest BCUT2D eigenvalue weighted by molar-refractivity contribution is 0.0532. The van der Waals surface area contributed by atoms with Gasteiger partial charge < -0.3 is 15.4 Å². The van der Waals surface area contributed by atoms with Crippen LogP contribution in [0.4, 0.5) is 5.82 Å². The Kier molecular flexibility index (Phi) is 5.37. The molecule has 1 amide bonds. The molecule has 0 saturated heterocycles. The Balaban J connectivity index is 2.65. The molecule has 1 aromatic rings. The van der Waals surface area contributed by atoms with E-state index in [0.29, 0.717) is 23.7 Å². The van der Waals surface area contributed by atoms with Gasteiger partial charge in [0.2, 0.25) is 0 Å². The smallest absolute Gasteiger partial charge is 0.255 e. The van der Waals surface area contributed by atoms with E-state index >= 15 is 0 Å². The summed E-state index contributed by atoms with van der Waals surface area (Å²) in [5.41, 5.74) is 5.90. The molecule has 0 spiro atoms. The van der Waals surface area contributed by atoms with Gasteiger partial charge in [-0.3, -0.25) is 4.79 Å². The molecule has 0 saturated carbocycles. The topological polar surface area (TPSA) is 68.5 Å². The van der Waals surface area contributed by atoms with Crippen molar-refractivity contribution < 1.29 is 9.53 Å². The van der Waals surface area contributed by atoms with E-state index in [1.54, 1.807) is 11.9 Å². The summed E-state index contributed by atoms with van der Waals surface area (Å²) in [7, 11) is 1.69. The first-order valence-electron chi connectivity index (χ1n) is 5.70. The van der Waals surface area contributed by atoms with E-state index in [4.69, 9.17) is 22.1 Å². The van der Waals surface area contributed by atoms with Crippen LogP contribution in [-0.2, 0) is 4.74 Å². The number of likely N-dealkylation sites (N-methyl/N-ethyl adjacent to an activating group) is 1. The van der Waals surface area contributed by atoms with Crippen molar-refractivity contribution in [2.24, 2.45) is 0 Å². The average molecular weight is 272 g/mol. The molecule has 6 heteroatoms. The van der Waals surface area contributed by atoms with Crippen LogP contribution in [0.3, 0.4) is 0 Å². The molecule has 0 fully saturated rings. The third-order valence-corrected chi connectivity index (χ3v) is 2.63. The van der Waals surface area contributed by atoms with Crippen LogP contribution in [0, 0.1) is 0 Å². The van der Waals surface area contributed by atoms with E-state index in [1.165, 1.54) is 12.3 Å². The fraction of sp³-hybridized carbons (Fsp3) is 0.500. The highest BCUT2D eigenvalue weighted by Gasteiger charge is 2.15. The second-order valence-corrected chi connectivity index (χ2v) is 4.64. The molecule has 1 rings (SSSR count). The van der Waals surface area contributed by atoms with Crippen LogP contribution in [0.1, 0.15) is 24.2 Å². The van der Waals surface area contributed by atoms with Gasteiger partial charge in [-0.1, -0.05) is 11.6 Å². The number of nitrogens with two attached hydrogens (primary N) is 1. The number of amides is 1. The standard InChI is InChI=1S/C12H18ClN3O2/c1-8(2)18-5-4-16(3)12(17)9-6-11(14)15-7-10(9)13/h6-8H,4-5H2,1-3H3,(H2,14,15). The Morgan fingerprint density at radius 3 is 2.89 bits per heavy atom. The third kappa shape index (κ3) is 4.16. The van der Waals surface area contributed by atoms with Crippen LogP contribution in [0.15, 0.2) is 12.3 Å². The lowest BCUT2D eigenvalue weighted by Crippen LogP contribution is -2.31. The third-order valence-electron chi connectivity index (χ3n) is 2.33. The highest BCUT2D eigenvalue weighted by Crippen LogP contribution is 2.18. The molecule has 0 aliphatic carbocycles. The minimum atomic E-state index is -0.193. The van der Waals surface area contributed by atoms with E-state index in [-0.39, 0.29) is 17.8 Å². The Hall–Kier alpha value is -1.33. The normalized spacial score (nSPS) is 10.7. The fourth-order valence-electron chi connectivity index (χ4n) is 1.35. The molecule has 0 unspecified atom stereocenters. The van der Waals surface area contributed by atoms with Crippen molar-refractivity contribution in [1.29, 1.82) is 0 Å². The maximum atomic E-state index is 12.1. The summed E-state index contributed by atoms with van der Waals surface area (Å²) in [6, 6.07) is 1.48. The minimum absolute atomic E-state index is 0.147. The number of carbonyl (C=O) groups is 1. The molecule has 0 bridgehead atoms. The molecular weight excluding hydrogens is 254 g/mol. The van der Waals surface area contributed by atoms with Crippen molar-refractivity contribution in [3.8, 4) is 0 Å². The highest BCUT2D eigenvalue weighted by molar-refractivity contribution is 6.33. The Morgan fingerprint density at radius 1 is 1.61 bits per heavy atom. The summed E-state index contributed by atoms with van der Waals surface area (Å²) in [5.74, 6) is 0.0797. The van der Waals surface area contributed by atoms with Gasteiger partial charge in [0, 0.05) is 19.8 Å². The number of ether oxygens (including phenoxy) is 1. The number of anilines is 1. The van der Waals surface area contributed by atoms with Gasteiger partial charge in [0.15, 0.2) is 0 Å². The zero-order valence-electron chi connectivity index (χ0n) is 10.8. The summed E-state index contributed by atoms with van der Waals surface area (Å²) in [5, 5.41) is 0.297. The fourth-order valence-corrected chi connectivity index (χ4v) is 1.54. The lowest BCUT2D eigenvalue weighted by Gasteiger charge is -2.18. The Labute approximate surface area is 112 Å². The zero-order chi connectivity index (χ0) is 13.7. The minimum Gasteiger partial charge on any atom is -0.384 e. The van der Waals surface area contributed by atoms with Crippen LogP contribution >= 0.6 is 11.6 Å². The molecule has 0 aliphatic rings. The molecule has 100 valence electrons. The number of pyridine rings is 1. The number of hydrogen-bond acceptors (Lipinski definition) is 4. The average Bonchev–Trinajstić information content (AvgIpc) is 2.30. The molecule has 0 aromatic carbocycles. The maximum absolute atomic E-state index is 12.1. The Morgan fingerprint density at radius 2 is 2.28 bits per heavy atom. The van der Waals surface area contributed by atoms with Crippen LogP contribution in [0.25, 0.3) is 0 Å². The molecule has 0 radical (unpaired) electrons. The lowest BCUT2D eigenvalue weighted by atomic mass is 10.2. The van der Waals surface area contributed by atoms with Gasteiger partial charge in [-0.25, -0.2) is 4.98 Å². The summed E-state index contributed by atoms with van der Waals surface area (Å²) >= 11 is 5.92. The predicted octanol–water partition coefficient (Wildman–Crippen LogP) is 1.81. The van der Waals surface area contributed by atoms with Crippen molar-refractivity contribution in [2.75, 3.05) is 25.9 Å². The molecule has 1 heterocycles. The van der Waals surface area contributed by atoms with Crippen molar-refractivity contribution >= 4 is 23.3 Å². The predicted molar refractivity (Wildman–Crippen MR) is 71.7 cm³/mol. The van der Waals surface area contributed by atoms with Crippen LogP contribution in [0.5, 0.6) is 0 Å². The molecule has 2 N–H and O–H groups in total. The summed E-state index contributed by atoms with van der Waals surface area (Å²) in [6.45, 7) is 4.87. The summed E-state index contributed by atoms with van der Waals surface area (Å²) in [4.78, 5) is 17.5. The van der Waals surface area contributed by atoms with Gasteiger partial charge in [0.25, 0.3) is 5.91 Å². The van der Waals surface area contributed by atoms with E-state index in [0.717, 1.165) is 0 Å². The second-order valence-electron chi connectivity index (χ2n) is 4.24. The number of rotatable bonds is 5. The van der Waals surface area contributed by atoms with Gasteiger partial charge in [-0.15, -0.1) is 0 Å². The number of halogens is 1. The molecule has 5 nitrogen and oxygen atoms in total. The first kappa shape index (κ1) is 14.7. The van der Waals surface area contributed by atoms with Gasteiger partial charge in [-0.2, -0.15) is 0 Å². The van der Waals surface area contributed by atoms with Gasteiger partial charge in [-0.05, 0) is 19.9 Å². The van der Waals surface area contributed by atoms with Gasteiger partial charge >= 0.3 is 0 Å². The highest BCUT2D eigenvalue weighted by atomic mass is 35.5. The van der Waals surface area contributed by atoms with E-state index in [2.05, 4.69) is 4.98 Å². The maximum Gasteiger partial charge on any atom is 0.255 e. The molecule has 1 aromatic heterocycles. The van der Waals surface area contributed by atoms with Crippen LogP contribution < -0.4 is 5.73 Å². The summed E-state index contributed by atoms with van der Waals surface area (Å²) < 4.78 is 5.39. The van der Waals surface area contributed by atoms with E-state index in [1.807, 2.05) is 13.8 Å². The summed E-state index contributed by atoms with van der Waals surface area (Å²) in [6.07, 6.45) is 1.52. The molecular formula is C12H18ClN3O2. The van der Waals surface area contributed by atoms with E-state index in [9.17, 15) is 4.79 Å². The monoisotopic (exact) mass is 271 g/mol. The van der Waals surface area contributed by atoms with Crippen molar-refractivity contribution in [2.45, 2.75) is 20.0 Å².